The molecule has 3 aromatic carbocycles. The molecule has 0 unspecified atom stereocenters. The summed E-state index contributed by atoms with van der Waals surface area (Å²) < 4.78 is 27.7. The van der Waals surface area contributed by atoms with Crippen molar-refractivity contribution in [3.05, 3.63) is 95.6 Å². The van der Waals surface area contributed by atoms with Crippen molar-refractivity contribution in [1.29, 1.82) is 0 Å². The van der Waals surface area contributed by atoms with Crippen LogP contribution >= 0.6 is 0 Å². The van der Waals surface area contributed by atoms with Gasteiger partial charge in [-0.1, -0.05) is 48.5 Å². The molecule has 0 bridgehead atoms. The van der Waals surface area contributed by atoms with E-state index in [1.807, 2.05) is 60.7 Å². The van der Waals surface area contributed by atoms with Crippen LogP contribution in [-0.4, -0.2) is 20.9 Å². The number of carbonyl (C=O) groups is 1. The van der Waals surface area contributed by atoms with Crippen molar-refractivity contribution >= 4 is 27.3 Å². The SMILES string of the molecule is O=C(c1ccccc1)N1CCCc2cc(NS(=O)(=O)Cc3ccccc3)ccc21. The molecule has 3 aromatic rings. The summed E-state index contributed by atoms with van der Waals surface area (Å²) in [5.41, 5.74) is 3.72. The second kappa shape index (κ2) is 8.09. The van der Waals surface area contributed by atoms with Crippen LogP contribution in [0.3, 0.4) is 0 Å². The van der Waals surface area contributed by atoms with Gasteiger partial charge in [0.05, 0.1) is 5.75 Å². The van der Waals surface area contributed by atoms with Crippen LogP contribution in [0, 0.1) is 0 Å². The van der Waals surface area contributed by atoms with E-state index in [0.29, 0.717) is 17.8 Å². The van der Waals surface area contributed by atoms with Crippen LogP contribution < -0.4 is 9.62 Å². The summed E-state index contributed by atoms with van der Waals surface area (Å²) in [7, 11) is -3.52. The average Bonchev–Trinajstić information content (AvgIpc) is 2.73. The number of rotatable bonds is 5. The molecule has 0 fully saturated rings. The summed E-state index contributed by atoms with van der Waals surface area (Å²) in [6.45, 7) is 0.653. The maximum absolute atomic E-state index is 12.9. The quantitative estimate of drug-likeness (QED) is 0.690. The van der Waals surface area contributed by atoms with Crippen LogP contribution in [0.15, 0.2) is 78.9 Å². The second-order valence-corrected chi connectivity index (χ2v) is 8.84. The normalized spacial score (nSPS) is 13.6. The Morgan fingerprint density at radius 3 is 2.34 bits per heavy atom. The minimum absolute atomic E-state index is 0.0380. The van der Waals surface area contributed by atoms with E-state index < -0.39 is 10.0 Å². The molecule has 1 amide bonds. The van der Waals surface area contributed by atoms with E-state index >= 15 is 0 Å². The van der Waals surface area contributed by atoms with Gasteiger partial charge in [-0.25, -0.2) is 8.42 Å². The Kier molecular flexibility index (Phi) is 5.36. The Morgan fingerprint density at radius 2 is 1.62 bits per heavy atom. The summed E-state index contributed by atoms with van der Waals surface area (Å²) in [6.07, 6.45) is 1.65. The average molecular weight is 407 g/mol. The summed E-state index contributed by atoms with van der Waals surface area (Å²) in [5, 5.41) is 0. The van der Waals surface area contributed by atoms with Crippen molar-refractivity contribution in [3.8, 4) is 0 Å². The molecule has 6 heteroatoms. The van der Waals surface area contributed by atoms with Gasteiger partial charge in [-0.3, -0.25) is 9.52 Å². The standard InChI is InChI=1S/C23H22N2O3S/c26-23(19-10-5-2-6-11-19)25-15-7-12-20-16-21(13-14-22(20)25)24-29(27,28)17-18-8-3-1-4-9-18/h1-6,8-11,13-14,16,24H,7,12,15,17H2. The van der Waals surface area contributed by atoms with E-state index in [0.717, 1.165) is 29.7 Å². The Balaban J connectivity index is 1.55. The molecule has 29 heavy (non-hydrogen) atoms. The second-order valence-electron chi connectivity index (χ2n) is 7.12. The van der Waals surface area contributed by atoms with Crippen molar-refractivity contribution in [2.75, 3.05) is 16.2 Å². The Morgan fingerprint density at radius 1 is 0.931 bits per heavy atom. The van der Waals surface area contributed by atoms with Crippen LogP contribution in [0.4, 0.5) is 11.4 Å². The molecule has 1 heterocycles. The number of hydrogen-bond acceptors (Lipinski definition) is 3. The number of nitrogens with one attached hydrogen (secondary N) is 1. The highest BCUT2D eigenvalue weighted by Gasteiger charge is 2.24. The lowest BCUT2D eigenvalue weighted by molar-refractivity contribution is 0.0985. The molecular weight excluding hydrogens is 384 g/mol. The first-order valence-electron chi connectivity index (χ1n) is 9.56. The minimum Gasteiger partial charge on any atom is -0.308 e. The fourth-order valence-electron chi connectivity index (χ4n) is 3.62. The molecule has 0 aliphatic carbocycles. The lowest BCUT2D eigenvalue weighted by Crippen LogP contribution is -2.35. The maximum atomic E-state index is 12.9. The molecule has 1 N–H and O–H groups in total. The van der Waals surface area contributed by atoms with Gasteiger partial charge in [-0.05, 0) is 54.3 Å². The largest absolute Gasteiger partial charge is 0.308 e. The molecule has 0 atom stereocenters. The Hall–Kier alpha value is -3.12. The van der Waals surface area contributed by atoms with Crippen molar-refractivity contribution in [2.45, 2.75) is 18.6 Å². The zero-order chi connectivity index (χ0) is 20.3. The lowest BCUT2D eigenvalue weighted by atomic mass is 10.00. The molecule has 5 nitrogen and oxygen atoms in total. The topological polar surface area (TPSA) is 66.5 Å². The number of carbonyl (C=O) groups excluding carboxylic acids is 1. The first-order chi connectivity index (χ1) is 14.0. The van der Waals surface area contributed by atoms with Crippen molar-refractivity contribution < 1.29 is 13.2 Å². The molecule has 0 saturated heterocycles. The van der Waals surface area contributed by atoms with Gasteiger partial charge in [0.25, 0.3) is 5.91 Å². The summed E-state index contributed by atoms with van der Waals surface area (Å²) in [4.78, 5) is 14.7. The predicted molar refractivity (Wildman–Crippen MR) is 116 cm³/mol. The third kappa shape index (κ3) is 4.49. The van der Waals surface area contributed by atoms with E-state index in [2.05, 4.69) is 4.72 Å². The maximum Gasteiger partial charge on any atom is 0.258 e. The summed E-state index contributed by atoms with van der Waals surface area (Å²) in [5.74, 6) is -0.118. The van der Waals surface area contributed by atoms with Crippen molar-refractivity contribution in [3.63, 3.8) is 0 Å². The monoisotopic (exact) mass is 406 g/mol. The highest BCUT2D eigenvalue weighted by Crippen LogP contribution is 2.31. The van der Waals surface area contributed by atoms with Crippen LogP contribution in [0.1, 0.15) is 27.9 Å². The molecule has 4 rings (SSSR count). The van der Waals surface area contributed by atoms with Gasteiger partial charge < -0.3 is 4.90 Å². The summed E-state index contributed by atoms with van der Waals surface area (Å²) >= 11 is 0. The van der Waals surface area contributed by atoms with Gasteiger partial charge in [0, 0.05) is 23.5 Å². The molecule has 1 aliphatic heterocycles. The molecule has 0 spiro atoms. The van der Waals surface area contributed by atoms with Gasteiger partial charge in [0.1, 0.15) is 0 Å². The molecule has 0 saturated carbocycles. The number of fused-ring (bicyclic) bond motifs is 1. The number of aryl methyl sites for hydroxylation is 1. The van der Waals surface area contributed by atoms with E-state index in [1.165, 1.54) is 0 Å². The first kappa shape index (κ1) is 19.2. The Bertz CT molecular complexity index is 1110. The van der Waals surface area contributed by atoms with Crippen LogP contribution in [-0.2, 0) is 22.2 Å². The summed E-state index contributed by atoms with van der Waals surface area (Å²) in [6, 6.07) is 23.7. The Labute approximate surface area is 171 Å². The van der Waals surface area contributed by atoms with E-state index in [9.17, 15) is 13.2 Å². The number of amides is 1. The smallest absolute Gasteiger partial charge is 0.258 e. The number of nitrogens with zero attached hydrogens (tertiary/aromatic N) is 1. The first-order valence-corrected chi connectivity index (χ1v) is 11.2. The van der Waals surface area contributed by atoms with E-state index in [1.54, 1.807) is 23.1 Å². The van der Waals surface area contributed by atoms with E-state index in [4.69, 9.17) is 0 Å². The molecule has 148 valence electrons. The number of benzene rings is 3. The van der Waals surface area contributed by atoms with Crippen LogP contribution in [0.5, 0.6) is 0 Å². The van der Waals surface area contributed by atoms with Crippen molar-refractivity contribution in [2.24, 2.45) is 0 Å². The molecule has 1 aliphatic rings. The van der Waals surface area contributed by atoms with Gasteiger partial charge >= 0.3 is 0 Å². The van der Waals surface area contributed by atoms with Crippen molar-refractivity contribution in [1.82, 2.24) is 0 Å². The van der Waals surface area contributed by atoms with Gasteiger partial charge in [0.2, 0.25) is 10.0 Å². The zero-order valence-electron chi connectivity index (χ0n) is 15.9. The van der Waals surface area contributed by atoms with Gasteiger partial charge in [-0.2, -0.15) is 0 Å². The lowest BCUT2D eigenvalue weighted by Gasteiger charge is -2.30. The molecular formula is C23H22N2O3S. The van der Waals surface area contributed by atoms with E-state index in [-0.39, 0.29) is 11.7 Å². The number of hydrogen-bond donors (Lipinski definition) is 1. The molecule has 0 radical (unpaired) electrons. The highest BCUT2D eigenvalue weighted by molar-refractivity contribution is 7.91. The minimum atomic E-state index is -3.52. The molecule has 0 aromatic heterocycles. The predicted octanol–water partition coefficient (Wildman–Crippen LogP) is 4.22. The fourth-order valence-corrected chi connectivity index (χ4v) is 4.81. The van der Waals surface area contributed by atoms with Gasteiger partial charge in [0.15, 0.2) is 0 Å². The van der Waals surface area contributed by atoms with Gasteiger partial charge in [-0.15, -0.1) is 0 Å². The fraction of sp³-hybridized carbons (Fsp3) is 0.174. The third-order valence-electron chi connectivity index (χ3n) is 4.94. The highest BCUT2D eigenvalue weighted by atomic mass is 32.2. The number of sulfonamides is 1. The third-order valence-corrected chi connectivity index (χ3v) is 6.20. The van der Waals surface area contributed by atoms with Crippen LogP contribution in [0.25, 0.3) is 0 Å². The number of anilines is 2. The van der Waals surface area contributed by atoms with Crippen LogP contribution in [0.2, 0.25) is 0 Å². The zero-order valence-corrected chi connectivity index (χ0v) is 16.7.